The van der Waals surface area contributed by atoms with Crippen molar-refractivity contribution >= 4 is 16.8 Å². The van der Waals surface area contributed by atoms with E-state index >= 15 is 0 Å². The van der Waals surface area contributed by atoms with Crippen molar-refractivity contribution in [3.8, 4) is 0 Å². The summed E-state index contributed by atoms with van der Waals surface area (Å²) in [5.41, 5.74) is 1.46. The third-order valence-corrected chi connectivity index (χ3v) is 5.79. The van der Waals surface area contributed by atoms with Gasteiger partial charge in [-0.1, -0.05) is 23.4 Å². The van der Waals surface area contributed by atoms with Crippen molar-refractivity contribution < 1.29 is 14.1 Å². The SMILES string of the molecule is Cn1nc(C(=O)N2CCC(c3nc(CCOCC4CC4)no3)C2)c2ccccc21. The van der Waals surface area contributed by atoms with Crippen LogP contribution in [0, 0.1) is 5.92 Å². The van der Waals surface area contributed by atoms with Crippen LogP contribution in [-0.4, -0.2) is 57.0 Å². The van der Waals surface area contributed by atoms with Gasteiger partial charge in [0.1, 0.15) is 0 Å². The molecule has 1 aliphatic carbocycles. The van der Waals surface area contributed by atoms with Crippen molar-refractivity contribution in [2.75, 3.05) is 26.3 Å². The molecule has 29 heavy (non-hydrogen) atoms. The van der Waals surface area contributed by atoms with E-state index in [9.17, 15) is 4.79 Å². The van der Waals surface area contributed by atoms with E-state index in [4.69, 9.17) is 9.26 Å². The van der Waals surface area contributed by atoms with E-state index in [0.29, 0.717) is 43.5 Å². The van der Waals surface area contributed by atoms with Gasteiger partial charge >= 0.3 is 0 Å². The maximum absolute atomic E-state index is 13.1. The molecule has 1 unspecified atom stereocenters. The van der Waals surface area contributed by atoms with Gasteiger partial charge in [-0.25, -0.2) is 0 Å². The Morgan fingerprint density at radius 3 is 3.00 bits per heavy atom. The summed E-state index contributed by atoms with van der Waals surface area (Å²) in [6.07, 6.45) is 4.05. The van der Waals surface area contributed by atoms with Gasteiger partial charge in [-0.15, -0.1) is 0 Å². The number of nitrogens with zero attached hydrogens (tertiary/aromatic N) is 5. The largest absolute Gasteiger partial charge is 0.381 e. The fraction of sp³-hybridized carbons (Fsp3) is 0.524. The first-order valence-corrected chi connectivity index (χ1v) is 10.3. The number of amides is 1. The number of aromatic nitrogens is 4. The summed E-state index contributed by atoms with van der Waals surface area (Å²) < 4.78 is 12.9. The van der Waals surface area contributed by atoms with Crippen molar-refractivity contribution in [1.82, 2.24) is 24.8 Å². The van der Waals surface area contributed by atoms with E-state index in [0.717, 1.165) is 29.8 Å². The Labute approximate surface area is 168 Å². The Kier molecular flexibility index (Phi) is 4.79. The predicted octanol–water partition coefficient (Wildman–Crippen LogP) is 2.56. The Morgan fingerprint density at radius 1 is 1.28 bits per heavy atom. The summed E-state index contributed by atoms with van der Waals surface area (Å²) in [5, 5.41) is 9.42. The van der Waals surface area contributed by atoms with Gasteiger partial charge in [0.15, 0.2) is 11.5 Å². The zero-order valence-corrected chi connectivity index (χ0v) is 16.6. The van der Waals surface area contributed by atoms with E-state index in [-0.39, 0.29) is 11.8 Å². The number of para-hydroxylation sites is 1. The summed E-state index contributed by atoms with van der Waals surface area (Å²) in [5.74, 6) is 2.08. The zero-order chi connectivity index (χ0) is 19.8. The molecule has 0 spiro atoms. The molecule has 8 nitrogen and oxygen atoms in total. The number of carbonyl (C=O) groups is 1. The smallest absolute Gasteiger partial charge is 0.275 e. The maximum Gasteiger partial charge on any atom is 0.275 e. The van der Waals surface area contributed by atoms with E-state index < -0.39 is 0 Å². The highest BCUT2D eigenvalue weighted by Crippen LogP contribution is 2.29. The highest BCUT2D eigenvalue weighted by atomic mass is 16.5. The Hall–Kier alpha value is -2.74. The Bertz CT molecular complexity index is 1020. The van der Waals surface area contributed by atoms with Crippen molar-refractivity contribution in [3.05, 3.63) is 41.7 Å². The lowest BCUT2D eigenvalue weighted by molar-refractivity contribution is 0.0785. The lowest BCUT2D eigenvalue weighted by Crippen LogP contribution is -2.29. The molecular formula is C21H25N5O3. The van der Waals surface area contributed by atoms with Crippen LogP contribution in [0.4, 0.5) is 0 Å². The first-order chi connectivity index (χ1) is 14.2. The van der Waals surface area contributed by atoms with E-state index in [1.807, 2.05) is 36.2 Å². The average molecular weight is 395 g/mol. The van der Waals surface area contributed by atoms with Crippen LogP contribution in [-0.2, 0) is 18.2 Å². The van der Waals surface area contributed by atoms with E-state index in [2.05, 4.69) is 15.2 Å². The molecule has 1 saturated heterocycles. The second-order valence-corrected chi connectivity index (χ2v) is 8.04. The zero-order valence-electron chi connectivity index (χ0n) is 16.6. The van der Waals surface area contributed by atoms with Crippen LogP contribution >= 0.6 is 0 Å². The number of hydrogen-bond acceptors (Lipinski definition) is 6. The van der Waals surface area contributed by atoms with Gasteiger partial charge in [-0.2, -0.15) is 10.1 Å². The second-order valence-electron chi connectivity index (χ2n) is 8.04. The van der Waals surface area contributed by atoms with E-state index in [1.54, 1.807) is 4.68 Å². The van der Waals surface area contributed by atoms with Crippen molar-refractivity contribution in [2.24, 2.45) is 13.0 Å². The molecule has 1 aromatic carbocycles. The normalized spacial score (nSPS) is 19.3. The van der Waals surface area contributed by atoms with Crippen molar-refractivity contribution in [3.63, 3.8) is 0 Å². The third kappa shape index (κ3) is 3.76. The highest BCUT2D eigenvalue weighted by molar-refractivity contribution is 6.04. The lowest BCUT2D eigenvalue weighted by Gasteiger charge is -2.14. The topological polar surface area (TPSA) is 86.3 Å². The van der Waals surface area contributed by atoms with Gasteiger partial charge in [-0.3, -0.25) is 9.48 Å². The van der Waals surface area contributed by atoms with Crippen LogP contribution in [0.15, 0.2) is 28.8 Å². The van der Waals surface area contributed by atoms with Crippen molar-refractivity contribution in [1.29, 1.82) is 0 Å². The van der Waals surface area contributed by atoms with Gasteiger partial charge in [0, 0.05) is 38.6 Å². The molecule has 1 aliphatic heterocycles. The Morgan fingerprint density at radius 2 is 2.14 bits per heavy atom. The molecule has 5 rings (SSSR count). The van der Waals surface area contributed by atoms with Gasteiger partial charge in [0.25, 0.3) is 5.91 Å². The minimum atomic E-state index is -0.0440. The minimum Gasteiger partial charge on any atom is -0.381 e. The van der Waals surface area contributed by atoms with Crippen LogP contribution in [0.2, 0.25) is 0 Å². The number of rotatable bonds is 7. The van der Waals surface area contributed by atoms with Crippen LogP contribution in [0.1, 0.15) is 47.4 Å². The van der Waals surface area contributed by atoms with E-state index in [1.165, 1.54) is 12.8 Å². The van der Waals surface area contributed by atoms with Crippen LogP contribution in [0.25, 0.3) is 10.9 Å². The fourth-order valence-electron chi connectivity index (χ4n) is 3.90. The number of ether oxygens (including phenoxy) is 1. The summed E-state index contributed by atoms with van der Waals surface area (Å²) >= 11 is 0. The molecule has 0 N–H and O–H groups in total. The molecule has 1 atom stereocenters. The molecule has 1 amide bonds. The lowest BCUT2D eigenvalue weighted by atomic mass is 10.1. The number of likely N-dealkylation sites (tertiary alicyclic amines) is 1. The number of hydrogen-bond donors (Lipinski definition) is 0. The quantitative estimate of drug-likeness (QED) is 0.572. The fourth-order valence-corrected chi connectivity index (χ4v) is 3.90. The molecule has 3 aromatic rings. The molecule has 1 saturated carbocycles. The minimum absolute atomic E-state index is 0.0440. The Balaban J connectivity index is 1.21. The van der Waals surface area contributed by atoms with Gasteiger partial charge in [0.05, 0.1) is 18.0 Å². The molecule has 2 aromatic heterocycles. The summed E-state index contributed by atoms with van der Waals surface area (Å²) in [4.78, 5) is 19.4. The van der Waals surface area contributed by atoms with Gasteiger partial charge in [0.2, 0.25) is 5.89 Å². The predicted molar refractivity (Wildman–Crippen MR) is 106 cm³/mol. The summed E-state index contributed by atoms with van der Waals surface area (Å²) in [7, 11) is 1.86. The first-order valence-electron chi connectivity index (χ1n) is 10.3. The number of aryl methyl sites for hydroxylation is 1. The average Bonchev–Trinajstić information content (AvgIpc) is 3.13. The molecule has 2 aliphatic rings. The highest BCUT2D eigenvalue weighted by Gasteiger charge is 2.33. The monoisotopic (exact) mass is 395 g/mol. The van der Waals surface area contributed by atoms with Crippen LogP contribution in [0.3, 0.4) is 0 Å². The molecule has 2 fully saturated rings. The summed E-state index contributed by atoms with van der Waals surface area (Å²) in [6, 6.07) is 7.80. The molecule has 3 heterocycles. The number of carbonyl (C=O) groups excluding carboxylic acids is 1. The summed E-state index contributed by atoms with van der Waals surface area (Å²) in [6.45, 7) is 2.70. The number of fused-ring (bicyclic) bond motifs is 1. The number of benzene rings is 1. The van der Waals surface area contributed by atoms with Crippen LogP contribution < -0.4 is 0 Å². The van der Waals surface area contributed by atoms with Gasteiger partial charge in [-0.05, 0) is 31.2 Å². The first kappa shape index (κ1) is 18.3. The maximum atomic E-state index is 13.1. The molecule has 0 bridgehead atoms. The third-order valence-electron chi connectivity index (χ3n) is 5.79. The standard InChI is InChI=1S/C21H25N5O3/c1-25-17-5-3-2-4-16(17)19(23-25)21(27)26-10-8-15(12-26)20-22-18(24-29-20)9-11-28-13-14-6-7-14/h2-5,14-15H,6-13H2,1H3. The van der Waals surface area contributed by atoms with Gasteiger partial charge < -0.3 is 14.2 Å². The van der Waals surface area contributed by atoms with Crippen LogP contribution in [0.5, 0.6) is 0 Å². The van der Waals surface area contributed by atoms with Crippen molar-refractivity contribution in [2.45, 2.75) is 31.6 Å². The molecule has 8 heteroatoms. The second kappa shape index (κ2) is 7.59. The molecule has 0 radical (unpaired) electrons. The molecule has 152 valence electrons. The molecular weight excluding hydrogens is 370 g/mol.